The van der Waals surface area contributed by atoms with Crippen LogP contribution in [0.4, 0.5) is 5.69 Å². The van der Waals surface area contributed by atoms with Crippen LogP contribution in [0.15, 0.2) is 72.2 Å². The lowest BCUT2D eigenvalue weighted by atomic mass is 9.96. The van der Waals surface area contributed by atoms with Crippen molar-refractivity contribution in [2.75, 3.05) is 18.5 Å². The number of carbonyl (C=O) groups is 2. The molecule has 0 spiro atoms. The van der Waals surface area contributed by atoms with Gasteiger partial charge >= 0.3 is 0 Å². The molecule has 7 heteroatoms. The maximum atomic E-state index is 13.0. The van der Waals surface area contributed by atoms with Crippen molar-refractivity contribution in [1.82, 2.24) is 10.3 Å². The standard InChI is InChI=1S/C26H25N3O3S/c30-25(17-6-3-7-18(14-17)29-26(31)23-10-4-12-32-23)28-16-21(24-11-5-13-33-24)20-15-27-22-9-2-1-8-19(20)22/h1-3,5-9,11,13-15,21,23,27H,4,10,12,16H2,(H,28,30)(H,29,31)/t21-,23-/m1/s1. The first kappa shape index (κ1) is 21.4. The molecule has 2 aromatic carbocycles. The minimum Gasteiger partial charge on any atom is -0.368 e. The van der Waals surface area contributed by atoms with Crippen molar-refractivity contribution < 1.29 is 14.3 Å². The topological polar surface area (TPSA) is 83.2 Å². The van der Waals surface area contributed by atoms with Gasteiger partial charge in [-0.2, -0.15) is 0 Å². The van der Waals surface area contributed by atoms with Crippen molar-refractivity contribution in [1.29, 1.82) is 0 Å². The van der Waals surface area contributed by atoms with Gasteiger partial charge in [-0.1, -0.05) is 30.3 Å². The fraction of sp³-hybridized carbons (Fsp3) is 0.231. The highest BCUT2D eigenvalue weighted by atomic mass is 32.1. The molecule has 168 valence electrons. The summed E-state index contributed by atoms with van der Waals surface area (Å²) in [4.78, 5) is 29.9. The molecule has 2 atom stereocenters. The fourth-order valence-corrected chi connectivity index (χ4v) is 5.12. The van der Waals surface area contributed by atoms with Gasteiger partial charge in [-0.05, 0) is 54.1 Å². The van der Waals surface area contributed by atoms with Crippen LogP contribution >= 0.6 is 11.3 Å². The van der Waals surface area contributed by atoms with Crippen molar-refractivity contribution in [3.05, 3.63) is 88.2 Å². The van der Waals surface area contributed by atoms with Crippen molar-refractivity contribution in [3.8, 4) is 0 Å². The third-order valence-corrected chi connectivity index (χ3v) is 6.95. The maximum absolute atomic E-state index is 13.0. The minimum atomic E-state index is -0.412. The Morgan fingerprint density at radius 2 is 2.03 bits per heavy atom. The molecule has 2 aromatic heterocycles. The van der Waals surface area contributed by atoms with E-state index in [1.165, 1.54) is 4.88 Å². The summed E-state index contributed by atoms with van der Waals surface area (Å²) in [5.41, 5.74) is 3.33. The molecule has 1 fully saturated rings. The number of hydrogen-bond acceptors (Lipinski definition) is 4. The fourth-order valence-electron chi connectivity index (χ4n) is 4.28. The molecule has 1 saturated heterocycles. The van der Waals surface area contributed by atoms with E-state index in [-0.39, 0.29) is 17.7 Å². The van der Waals surface area contributed by atoms with E-state index in [0.717, 1.165) is 29.3 Å². The van der Waals surface area contributed by atoms with Crippen molar-refractivity contribution >= 4 is 39.7 Å². The van der Waals surface area contributed by atoms with Crippen molar-refractivity contribution in [2.24, 2.45) is 0 Å². The summed E-state index contributed by atoms with van der Waals surface area (Å²) in [5.74, 6) is -0.306. The average Bonchev–Trinajstić information content (AvgIpc) is 3.62. The number of thiophene rings is 1. The van der Waals surface area contributed by atoms with Crippen LogP contribution in [-0.4, -0.2) is 36.1 Å². The summed E-state index contributed by atoms with van der Waals surface area (Å²) in [6, 6.07) is 19.3. The number of anilines is 1. The van der Waals surface area contributed by atoms with E-state index in [0.29, 0.717) is 24.4 Å². The van der Waals surface area contributed by atoms with Gasteiger partial charge in [-0.3, -0.25) is 9.59 Å². The monoisotopic (exact) mass is 459 g/mol. The highest BCUT2D eigenvalue weighted by Gasteiger charge is 2.24. The molecule has 0 unspecified atom stereocenters. The lowest BCUT2D eigenvalue weighted by Gasteiger charge is -2.17. The number of para-hydroxylation sites is 1. The number of H-pyrrole nitrogens is 1. The van der Waals surface area contributed by atoms with Gasteiger partial charge in [-0.25, -0.2) is 0 Å². The summed E-state index contributed by atoms with van der Waals surface area (Å²) in [6.07, 6.45) is 3.24. The van der Waals surface area contributed by atoms with Crippen LogP contribution in [0, 0.1) is 0 Å². The number of nitrogens with one attached hydrogen (secondary N) is 3. The Kier molecular flexibility index (Phi) is 6.24. The van der Waals surface area contributed by atoms with Gasteiger partial charge in [0.15, 0.2) is 0 Å². The first-order chi connectivity index (χ1) is 16.2. The first-order valence-corrected chi connectivity index (χ1v) is 12.0. The first-order valence-electron chi connectivity index (χ1n) is 11.1. The largest absolute Gasteiger partial charge is 0.368 e. The molecule has 2 amide bonds. The average molecular weight is 460 g/mol. The Labute approximate surface area is 196 Å². The number of aromatic nitrogens is 1. The Bertz CT molecular complexity index is 1260. The molecule has 4 aromatic rings. The number of benzene rings is 2. The molecule has 6 nitrogen and oxygen atoms in total. The van der Waals surface area contributed by atoms with Gasteiger partial charge in [-0.15, -0.1) is 11.3 Å². The summed E-state index contributed by atoms with van der Waals surface area (Å²) < 4.78 is 5.44. The highest BCUT2D eigenvalue weighted by molar-refractivity contribution is 7.10. The maximum Gasteiger partial charge on any atom is 0.253 e. The van der Waals surface area contributed by atoms with Gasteiger partial charge < -0.3 is 20.4 Å². The van der Waals surface area contributed by atoms with Crippen LogP contribution in [0.1, 0.15) is 39.6 Å². The van der Waals surface area contributed by atoms with Gasteiger partial charge in [0.2, 0.25) is 0 Å². The molecule has 3 N–H and O–H groups in total. The SMILES string of the molecule is O=C(NC[C@@H](c1cccs1)c1c[nH]c2ccccc12)c1cccc(NC(=O)[C@H]2CCCO2)c1. The van der Waals surface area contributed by atoms with E-state index in [1.807, 2.05) is 24.4 Å². The van der Waals surface area contributed by atoms with E-state index in [9.17, 15) is 9.59 Å². The summed E-state index contributed by atoms with van der Waals surface area (Å²) in [6.45, 7) is 1.08. The number of ether oxygens (including phenoxy) is 1. The Morgan fingerprint density at radius 3 is 2.85 bits per heavy atom. The van der Waals surface area contributed by atoms with E-state index in [2.05, 4.69) is 39.2 Å². The van der Waals surface area contributed by atoms with Crippen LogP contribution in [0.25, 0.3) is 10.9 Å². The summed E-state index contributed by atoms with van der Waals surface area (Å²) in [5, 5.41) is 9.17. The van der Waals surface area contributed by atoms with E-state index >= 15 is 0 Å². The second kappa shape index (κ2) is 9.60. The quantitative estimate of drug-likeness (QED) is 0.367. The van der Waals surface area contributed by atoms with Crippen LogP contribution in [0.2, 0.25) is 0 Å². The van der Waals surface area contributed by atoms with Crippen LogP contribution in [-0.2, 0) is 9.53 Å². The molecule has 5 rings (SSSR count). The van der Waals surface area contributed by atoms with Gasteiger partial charge in [0.05, 0.1) is 0 Å². The molecule has 0 saturated carbocycles. The predicted molar refractivity (Wildman–Crippen MR) is 131 cm³/mol. The second-order valence-electron chi connectivity index (χ2n) is 8.14. The number of amides is 2. The smallest absolute Gasteiger partial charge is 0.253 e. The van der Waals surface area contributed by atoms with Gasteiger partial charge in [0, 0.05) is 52.3 Å². The molecular weight excluding hydrogens is 434 g/mol. The molecular formula is C26H25N3O3S. The van der Waals surface area contributed by atoms with Gasteiger partial charge in [0.25, 0.3) is 11.8 Å². The van der Waals surface area contributed by atoms with Gasteiger partial charge in [0.1, 0.15) is 6.10 Å². The van der Waals surface area contributed by atoms with Crippen molar-refractivity contribution in [3.63, 3.8) is 0 Å². The zero-order chi connectivity index (χ0) is 22.6. The Hall–Kier alpha value is -3.42. The van der Waals surface area contributed by atoms with Crippen LogP contribution < -0.4 is 10.6 Å². The molecule has 0 radical (unpaired) electrons. The number of rotatable bonds is 7. The molecule has 33 heavy (non-hydrogen) atoms. The van der Waals surface area contributed by atoms with Crippen molar-refractivity contribution in [2.45, 2.75) is 24.9 Å². The zero-order valence-corrected chi connectivity index (χ0v) is 18.9. The van der Waals surface area contributed by atoms with Crippen LogP contribution in [0.5, 0.6) is 0 Å². The third kappa shape index (κ3) is 4.69. The summed E-state index contributed by atoms with van der Waals surface area (Å²) in [7, 11) is 0. The number of aromatic amines is 1. The second-order valence-corrected chi connectivity index (χ2v) is 9.12. The number of hydrogen-bond donors (Lipinski definition) is 3. The number of carbonyl (C=O) groups excluding carboxylic acids is 2. The van der Waals surface area contributed by atoms with Crippen LogP contribution in [0.3, 0.4) is 0 Å². The predicted octanol–water partition coefficient (Wildman–Crippen LogP) is 4.91. The van der Waals surface area contributed by atoms with E-state index < -0.39 is 6.10 Å². The highest BCUT2D eigenvalue weighted by Crippen LogP contribution is 2.33. The molecule has 0 aliphatic carbocycles. The molecule has 3 heterocycles. The molecule has 0 bridgehead atoms. The third-order valence-electron chi connectivity index (χ3n) is 5.96. The lowest BCUT2D eigenvalue weighted by Crippen LogP contribution is -2.29. The Balaban J connectivity index is 1.31. The zero-order valence-electron chi connectivity index (χ0n) is 18.0. The normalized spacial score (nSPS) is 16.5. The lowest BCUT2D eigenvalue weighted by molar-refractivity contribution is -0.124. The Morgan fingerprint density at radius 1 is 1.12 bits per heavy atom. The summed E-state index contributed by atoms with van der Waals surface area (Å²) >= 11 is 1.68. The van der Waals surface area contributed by atoms with E-state index in [1.54, 1.807) is 35.6 Å². The molecule has 1 aliphatic rings. The molecule has 1 aliphatic heterocycles. The number of fused-ring (bicyclic) bond motifs is 1. The van der Waals surface area contributed by atoms with E-state index in [4.69, 9.17) is 4.74 Å². The minimum absolute atomic E-state index is 0.0347.